The molecule has 1 amide bonds. The molecule has 0 radical (unpaired) electrons. The minimum Gasteiger partial charge on any atom is -0.333 e. The Hall–Kier alpha value is -2.21. The molecule has 150 valence electrons. The van der Waals surface area contributed by atoms with Crippen LogP contribution in [0.25, 0.3) is 11.1 Å². The van der Waals surface area contributed by atoms with Crippen molar-refractivity contribution in [1.82, 2.24) is 25.0 Å². The molecule has 6 nitrogen and oxygen atoms in total. The number of carbonyl (C=O) groups excluding carboxylic acids is 1. The van der Waals surface area contributed by atoms with Crippen LogP contribution < -0.4 is 0 Å². The molecular weight excluding hydrogens is 350 g/mol. The van der Waals surface area contributed by atoms with Gasteiger partial charge in [0.1, 0.15) is 0 Å². The minimum absolute atomic E-state index is 0.0818. The van der Waals surface area contributed by atoms with Crippen LogP contribution in [0.4, 0.5) is 0 Å². The highest BCUT2D eigenvalue weighted by Crippen LogP contribution is 2.36. The number of piperidine rings is 1. The van der Waals surface area contributed by atoms with Gasteiger partial charge >= 0.3 is 0 Å². The summed E-state index contributed by atoms with van der Waals surface area (Å²) in [5, 5.41) is 7.56. The Bertz CT molecular complexity index is 794. The van der Waals surface area contributed by atoms with Gasteiger partial charge in [-0.25, -0.2) is 0 Å². The van der Waals surface area contributed by atoms with Gasteiger partial charge in [0, 0.05) is 24.5 Å². The van der Waals surface area contributed by atoms with E-state index in [9.17, 15) is 4.79 Å². The number of pyridine rings is 1. The highest BCUT2D eigenvalue weighted by atomic mass is 16.2. The molecule has 0 saturated carbocycles. The van der Waals surface area contributed by atoms with Gasteiger partial charge in [-0.05, 0) is 69.3 Å². The van der Waals surface area contributed by atoms with Gasteiger partial charge < -0.3 is 4.90 Å². The van der Waals surface area contributed by atoms with Gasteiger partial charge in [-0.2, -0.15) is 5.10 Å². The summed E-state index contributed by atoms with van der Waals surface area (Å²) in [4.78, 5) is 21.9. The van der Waals surface area contributed by atoms with Crippen LogP contribution in [0.5, 0.6) is 0 Å². The molecule has 2 fully saturated rings. The second kappa shape index (κ2) is 8.86. The van der Waals surface area contributed by atoms with Crippen LogP contribution in [-0.2, 0) is 4.79 Å². The molecule has 4 rings (SSSR count). The molecule has 2 aliphatic heterocycles. The summed E-state index contributed by atoms with van der Waals surface area (Å²) in [6, 6.07) is 2.12. The largest absolute Gasteiger partial charge is 0.333 e. The van der Waals surface area contributed by atoms with Crippen LogP contribution in [0.1, 0.15) is 62.2 Å². The maximum Gasteiger partial charge on any atom is 0.237 e. The van der Waals surface area contributed by atoms with Gasteiger partial charge in [0.15, 0.2) is 0 Å². The Kier molecular flexibility index (Phi) is 6.05. The van der Waals surface area contributed by atoms with Gasteiger partial charge in [-0.15, -0.1) is 0 Å². The molecule has 2 saturated heterocycles. The lowest BCUT2D eigenvalue weighted by Crippen LogP contribution is -2.44. The topological polar surface area (TPSA) is 65.1 Å². The third-order valence-electron chi connectivity index (χ3n) is 6.19. The first-order valence-electron chi connectivity index (χ1n) is 10.7. The molecule has 2 aromatic rings. The van der Waals surface area contributed by atoms with Crippen LogP contribution >= 0.6 is 0 Å². The monoisotopic (exact) mass is 381 g/mol. The maximum atomic E-state index is 13.2. The summed E-state index contributed by atoms with van der Waals surface area (Å²) >= 11 is 0. The summed E-state index contributed by atoms with van der Waals surface area (Å²) in [5.74, 6) is 0.263. The van der Waals surface area contributed by atoms with E-state index < -0.39 is 0 Å². The SMILES string of the molecule is Cc1cnccc1-c1cn[nH]c1C1CCCCN1C(=O)CN1CCCCCC1. The molecule has 6 heteroatoms. The Morgan fingerprint density at radius 2 is 1.86 bits per heavy atom. The second-order valence-electron chi connectivity index (χ2n) is 8.18. The predicted octanol–water partition coefficient (Wildman–Crippen LogP) is 3.71. The fraction of sp³-hybridized carbons (Fsp3) is 0.591. The van der Waals surface area contributed by atoms with Crippen LogP contribution in [0.3, 0.4) is 0 Å². The van der Waals surface area contributed by atoms with E-state index in [-0.39, 0.29) is 11.9 Å². The number of carbonyl (C=O) groups is 1. The number of nitrogens with zero attached hydrogens (tertiary/aromatic N) is 4. The average Bonchev–Trinajstić information content (AvgIpc) is 3.06. The van der Waals surface area contributed by atoms with Crippen molar-refractivity contribution in [1.29, 1.82) is 0 Å². The fourth-order valence-corrected chi connectivity index (χ4v) is 4.65. The lowest BCUT2D eigenvalue weighted by molar-refractivity contribution is -0.136. The number of likely N-dealkylation sites (tertiary alicyclic amines) is 2. The zero-order valence-electron chi connectivity index (χ0n) is 16.9. The van der Waals surface area contributed by atoms with Crippen molar-refractivity contribution in [3.8, 4) is 11.1 Å². The number of hydrogen-bond donors (Lipinski definition) is 1. The zero-order chi connectivity index (χ0) is 19.3. The van der Waals surface area contributed by atoms with E-state index in [1.54, 1.807) is 0 Å². The van der Waals surface area contributed by atoms with Crippen molar-refractivity contribution in [3.05, 3.63) is 35.9 Å². The molecule has 0 bridgehead atoms. The number of nitrogens with one attached hydrogen (secondary N) is 1. The number of H-pyrrole nitrogens is 1. The molecule has 1 unspecified atom stereocenters. The smallest absolute Gasteiger partial charge is 0.237 e. The van der Waals surface area contributed by atoms with Gasteiger partial charge in [-0.1, -0.05) is 12.8 Å². The van der Waals surface area contributed by atoms with Crippen LogP contribution in [0.15, 0.2) is 24.7 Å². The Morgan fingerprint density at radius 1 is 1.07 bits per heavy atom. The molecule has 0 aliphatic carbocycles. The lowest BCUT2D eigenvalue weighted by Gasteiger charge is -2.37. The van der Waals surface area contributed by atoms with Gasteiger partial charge in [0.25, 0.3) is 0 Å². The van der Waals surface area contributed by atoms with Crippen molar-refractivity contribution in [3.63, 3.8) is 0 Å². The molecule has 28 heavy (non-hydrogen) atoms. The number of aryl methyl sites for hydroxylation is 1. The standard InChI is InChI=1S/C22H31N5O/c1-17-14-23-10-9-18(17)19-15-24-25-22(19)20-8-4-7-13-27(20)21(28)16-26-11-5-2-3-6-12-26/h9-10,14-15,20H,2-8,11-13,16H2,1H3,(H,24,25). The summed E-state index contributed by atoms with van der Waals surface area (Å²) in [6.45, 7) is 5.56. The quantitative estimate of drug-likeness (QED) is 0.877. The molecule has 2 aliphatic rings. The van der Waals surface area contributed by atoms with Gasteiger partial charge in [0.2, 0.25) is 5.91 Å². The minimum atomic E-state index is 0.0818. The molecular formula is C22H31N5O. The Balaban J connectivity index is 1.56. The molecule has 4 heterocycles. The average molecular weight is 382 g/mol. The summed E-state index contributed by atoms with van der Waals surface area (Å²) in [5.41, 5.74) is 4.44. The van der Waals surface area contributed by atoms with E-state index in [0.717, 1.165) is 61.3 Å². The molecule has 1 N–H and O–H groups in total. The normalized spacial score (nSPS) is 21.5. The molecule has 1 atom stereocenters. The Morgan fingerprint density at radius 3 is 2.64 bits per heavy atom. The summed E-state index contributed by atoms with van der Waals surface area (Å²) < 4.78 is 0. The number of aromatic nitrogens is 3. The van der Waals surface area contributed by atoms with Crippen molar-refractivity contribution in [2.45, 2.75) is 57.9 Å². The highest BCUT2D eigenvalue weighted by Gasteiger charge is 2.32. The fourth-order valence-electron chi connectivity index (χ4n) is 4.65. The maximum absolute atomic E-state index is 13.2. The summed E-state index contributed by atoms with van der Waals surface area (Å²) in [6.07, 6.45) is 13.8. The van der Waals surface area contributed by atoms with Crippen LogP contribution in [-0.4, -0.2) is 57.1 Å². The van der Waals surface area contributed by atoms with E-state index in [4.69, 9.17) is 0 Å². The zero-order valence-corrected chi connectivity index (χ0v) is 16.9. The predicted molar refractivity (Wildman–Crippen MR) is 110 cm³/mol. The van der Waals surface area contributed by atoms with Crippen molar-refractivity contribution < 1.29 is 4.79 Å². The second-order valence-corrected chi connectivity index (χ2v) is 8.18. The summed E-state index contributed by atoms with van der Waals surface area (Å²) in [7, 11) is 0. The first-order valence-corrected chi connectivity index (χ1v) is 10.7. The van der Waals surface area contributed by atoms with Crippen LogP contribution in [0, 0.1) is 6.92 Å². The third kappa shape index (κ3) is 4.12. The lowest BCUT2D eigenvalue weighted by atomic mass is 9.93. The van der Waals surface area contributed by atoms with E-state index in [2.05, 4.69) is 31.9 Å². The van der Waals surface area contributed by atoms with E-state index >= 15 is 0 Å². The third-order valence-corrected chi connectivity index (χ3v) is 6.19. The molecule has 2 aromatic heterocycles. The first kappa shape index (κ1) is 19.1. The van der Waals surface area contributed by atoms with Crippen molar-refractivity contribution in [2.75, 3.05) is 26.2 Å². The van der Waals surface area contributed by atoms with Crippen LogP contribution in [0.2, 0.25) is 0 Å². The highest BCUT2D eigenvalue weighted by molar-refractivity contribution is 5.79. The number of amides is 1. The van der Waals surface area contributed by atoms with E-state index in [0.29, 0.717) is 6.54 Å². The molecule has 0 spiro atoms. The van der Waals surface area contributed by atoms with E-state index in [1.165, 1.54) is 25.7 Å². The number of rotatable bonds is 4. The number of hydrogen-bond acceptors (Lipinski definition) is 4. The van der Waals surface area contributed by atoms with Gasteiger partial charge in [-0.3, -0.25) is 19.8 Å². The first-order chi connectivity index (χ1) is 13.7. The Labute approximate surface area is 167 Å². The van der Waals surface area contributed by atoms with E-state index in [1.807, 2.05) is 24.7 Å². The van der Waals surface area contributed by atoms with Gasteiger partial charge in [0.05, 0.1) is 24.5 Å². The van der Waals surface area contributed by atoms with Crippen molar-refractivity contribution >= 4 is 5.91 Å². The number of aromatic amines is 1. The van der Waals surface area contributed by atoms with Crippen molar-refractivity contribution in [2.24, 2.45) is 0 Å². The molecule has 0 aromatic carbocycles.